The summed E-state index contributed by atoms with van der Waals surface area (Å²) < 4.78 is 18.8. The maximum absolute atomic E-state index is 14.1. The van der Waals surface area contributed by atoms with Crippen LogP contribution >= 0.6 is 0 Å². The van der Waals surface area contributed by atoms with Gasteiger partial charge in [-0.15, -0.1) is 0 Å². The number of carbonyl (C=O) groups excluding carboxylic acids is 1. The fourth-order valence-corrected chi connectivity index (χ4v) is 3.95. The molecule has 1 amide bonds. The number of methoxy groups -OCH3 is 1. The van der Waals surface area contributed by atoms with Crippen molar-refractivity contribution in [2.45, 2.75) is 31.7 Å². The van der Waals surface area contributed by atoms with Crippen LogP contribution < -0.4 is 15.5 Å². The number of anilines is 4. The summed E-state index contributed by atoms with van der Waals surface area (Å²) in [5.41, 5.74) is 1.90. The topological polar surface area (TPSA) is 82.6 Å². The van der Waals surface area contributed by atoms with Crippen molar-refractivity contribution in [3.8, 4) is 0 Å². The van der Waals surface area contributed by atoms with Crippen LogP contribution in [0.1, 0.15) is 25.7 Å². The third-order valence-electron chi connectivity index (χ3n) is 5.64. The molecule has 0 atom stereocenters. The fraction of sp³-hybridized carbons (Fsp3) is 0.476. The number of hydrogen-bond acceptors (Lipinski definition) is 7. The first-order chi connectivity index (χ1) is 14.6. The monoisotopic (exact) mass is 414 g/mol. The Kier molecular flexibility index (Phi) is 6.15. The lowest BCUT2D eigenvalue weighted by molar-refractivity contribution is 0.121. The Bertz CT molecular complexity index is 864. The van der Waals surface area contributed by atoms with Crippen molar-refractivity contribution in [2.75, 3.05) is 48.8 Å². The minimum absolute atomic E-state index is 0.250. The van der Waals surface area contributed by atoms with Crippen LogP contribution in [0, 0.1) is 5.82 Å². The average molecular weight is 414 g/mol. The van der Waals surface area contributed by atoms with Crippen molar-refractivity contribution in [2.24, 2.45) is 0 Å². The molecule has 2 aromatic rings. The Morgan fingerprint density at radius 1 is 1.13 bits per heavy atom. The Morgan fingerprint density at radius 3 is 2.50 bits per heavy atom. The molecular weight excluding hydrogens is 387 g/mol. The number of carbonyl (C=O) groups is 1. The van der Waals surface area contributed by atoms with E-state index in [4.69, 9.17) is 4.74 Å². The molecule has 9 heteroatoms. The van der Waals surface area contributed by atoms with Crippen LogP contribution in [-0.4, -0.2) is 60.3 Å². The maximum Gasteiger partial charge on any atom is 0.409 e. The highest BCUT2D eigenvalue weighted by Gasteiger charge is 2.21. The van der Waals surface area contributed by atoms with Gasteiger partial charge in [-0.05, 0) is 37.1 Å². The summed E-state index contributed by atoms with van der Waals surface area (Å²) in [6, 6.07) is 8.19. The molecule has 4 rings (SSSR count). The number of ether oxygens (including phenoxy) is 1. The third kappa shape index (κ3) is 4.72. The number of aromatic nitrogens is 2. The van der Waals surface area contributed by atoms with Crippen LogP contribution in [0.4, 0.5) is 32.3 Å². The number of amides is 1. The van der Waals surface area contributed by atoms with E-state index >= 15 is 0 Å². The second kappa shape index (κ2) is 9.15. The smallest absolute Gasteiger partial charge is 0.409 e. The Balaban J connectivity index is 1.36. The number of benzene rings is 1. The van der Waals surface area contributed by atoms with Crippen molar-refractivity contribution in [3.05, 3.63) is 36.3 Å². The summed E-state index contributed by atoms with van der Waals surface area (Å²) in [5, 5.41) is 6.33. The van der Waals surface area contributed by atoms with Gasteiger partial charge in [0.1, 0.15) is 0 Å². The minimum atomic E-state index is -0.436. The van der Waals surface area contributed by atoms with Crippen LogP contribution in [0.15, 0.2) is 30.5 Å². The lowest BCUT2D eigenvalue weighted by Gasteiger charge is -2.35. The van der Waals surface area contributed by atoms with Crippen molar-refractivity contribution in [1.29, 1.82) is 0 Å². The molecule has 30 heavy (non-hydrogen) atoms. The van der Waals surface area contributed by atoms with Gasteiger partial charge in [0.25, 0.3) is 0 Å². The van der Waals surface area contributed by atoms with E-state index < -0.39 is 5.82 Å². The van der Waals surface area contributed by atoms with E-state index in [0.29, 0.717) is 19.0 Å². The Morgan fingerprint density at radius 2 is 1.83 bits per heavy atom. The van der Waals surface area contributed by atoms with E-state index in [0.717, 1.165) is 37.3 Å². The Hall–Kier alpha value is -3.10. The second-order valence-corrected chi connectivity index (χ2v) is 7.63. The molecule has 0 radical (unpaired) electrons. The molecule has 1 saturated carbocycles. The van der Waals surface area contributed by atoms with E-state index in [1.165, 1.54) is 26.1 Å². The summed E-state index contributed by atoms with van der Waals surface area (Å²) in [7, 11) is 1.40. The number of piperazine rings is 1. The highest BCUT2D eigenvalue weighted by atomic mass is 19.1. The molecule has 1 aromatic carbocycles. The fourth-order valence-electron chi connectivity index (χ4n) is 3.95. The van der Waals surface area contributed by atoms with Crippen molar-refractivity contribution in [1.82, 2.24) is 14.9 Å². The first-order valence-corrected chi connectivity index (χ1v) is 10.4. The van der Waals surface area contributed by atoms with Gasteiger partial charge in [-0.1, -0.05) is 12.8 Å². The molecule has 8 nitrogen and oxygen atoms in total. The lowest BCUT2D eigenvalue weighted by Crippen LogP contribution is -2.48. The van der Waals surface area contributed by atoms with Gasteiger partial charge in [0.05, 0.1) is 13.3 Å². The third-order valence-corrected chi connectivity index (χ3v) is 5.64. The molecular formula is C21H27FN6O2. The summed E-state index contributed by atoms with van der Waals surface area (Å²) in [4.78, 5) is 23.9. The number of nitrogens with zero attached hydrogens (tertiary/aromatic N) is 4. The molecule has 2 fully saturated rings. The van der Waals surface area contributed by atoms with E-state index in [-0.39, 0.29) is 18.0 Å². The molecule has 160 valence electrons. The van der Waals surface area contributed by atoms with Crippen LogP contribution in [0.25, 0.3) is 0 Å². The largest absolute Gasteiger partial charge is 0.453 e. The quantitative estimate of drug-likeness (QED) is 0.773. The SMILES string of the molecule is COC(=O)N1CCN(c2ccc(Nc3ncc(F)c(NC4CCCC4)n3)cc2)CC1. The molecule has 2 aliphatic rings. The summed E-state index contributed by atoms with van der Waals surface area (Å²) in [6.07, 6.45) is 5.33. The van der Waals surface area contributed by atoms with Crippen molar-refractivity contribution < 1.29 is 13.9 Å². The molecule has 0 spiro atoms. The van der Waals surface area contributed by atoms with E-state index in [2.05, 4.69) is 25.5 Å². The van der Waals surface area contributed by atoms with E-state index in [1.807, 2.05) is 24.3 Å². The van der Waals surface area contributed by atoms with Gasteiger partial charge < -0.3 is 25.2 Å². The van der Waals surface area contributed by atoms with Crippen LogP contribution in [-0.2, 0) is 4.74 Å². The summed E-state index contributed by atoms with van der Waals surface area (Å²) in [6.45, 7) is 2.76. The number of halogens is 1. The molecule has 1 saturated heterocycles. The number of hydrogen-bond donors (Lipinski definition) is 2. The van der Waals surface area contributed by atoms with Gasteiger partial charge in [0.15, 0.2) is 11.6 Å². The Labute approximate surface area is 175 Å². The number of rotatable bonds is 5. The first-order valence-electron chi connectivity index (χ1n) is 10.4. The lowest BCUT2D eigenvalue weighted by atomic mass is 10.2. The molecule has 2 heterocycles. The van der Waals surface area contributed by atoms with Gasteiger partial charge in [-0.3, -0.25) is 0 Å². The molecule has 1 aliphatic heterocycles. The predicted molar refractivity (Wildman–Crippen MR) is 114 cm³/mol. The summed E-state index contributed by atoms with van der Waals surface area (Å²) >= 11 is 0. The van der Waals surface area contributed by atoms with Gasteiger partial charge in [0.2, 0.25) is 5.95 Å². The highest BCUT2D eigenvalue weighted by Crippen LogP contribution is 2.25. The van der Waals surface area contributed by atoms with Crippen LogP contribution in [0.2, 0.25) is 0 Å². The van der Waals surface area contributed by atoms with E-state index in [1.54, 1.807) is 4.90 Å². The van der Waals surface area contributed by atoms with Gasteiger partial charge in [-0.2, -0.15) is 4.98 Å². The summed E-state index contributed by atoms with van der Waals surface area (Å²) in [5.74, 6) is 0.171. The van der Waals surface area contributed by atoms with Crippen LogP contribution in [0.5, 0.6) is 0 Å². The van der Waals surface area contributed by atoms with Gasteiger partial charge >= 0.3 is 6.09 Å². The molecule has 1 aromatic heterocycles. The van der Waals surface area contributed by atoms with Crippen molar-refractivity contribution >= 4 is 29.2 Å². The predicted octanol–water partition coefficient (Wildman–Crippen LogP) is 3.60. The van der Waals surface area contributed by atoms with Gasteiger partial charge in [-0.25, -0.2) is 14.2 Å². The highest BCUT2D eigenvalue weighted by molar-refractivity contribution is 5.68. The molecule has 0 unspecified atom stereocenters. The minimum Gasteiger partial charge on any atom is -0.453 e. The maximum atomic E-state index is 14.1. The zero-order valence-corrected chi connectivity index (χ0v) is 17.1. The van der Waals surface area contributed by atoms with Crippen molar-refractivity contribution in [3.63, 3.8) is 0 Å². The van der Waals surface area contributed by atoms with Gasteiger partial charge in [0, 0.05) is 43.6 Å². The molecule has 1 aliphatic carbocycles. The van der Waals surface area contributed by atoms with Crippen LogP contribution in [0.3, 0.4) is 0 Å². The normalized spacial score (nSPS) is 17.1. The number of nitrogens with one attached hydrogen (secondary N) is 2. The first kappa shape index (κ1) is 20.2. The molecule has 2 N–H and O–H groups in total. The second-order valence-electron chi connectivity index (χ2n) is 7.63. The average Bonchev–Trinajstić information content (AvgIpc) is 3.29. The van der Waals surface area contributed by atoms with E-state index in [9.17, 15) is 9.18 Å². The standard InChI is InChI=1S/C21H27FN6O2/c1-30-21(29)28-12-10-27(11-13-28)17-8-6-16(7-9-17)25-20-23-14-18(22)19(26-20)24-15-4-2-3-5-15/h6-9,14-15H,2-5,10-13H2,1H3,(H2,23,24,25,26). The zero-order chi connectivity index (χ0) is 20.9. The molecule has 0 bridgehead atoms. The zero-order valence-electron chi connectivity index (χ0n) is 17.1.